The molecule has 0 amide bonds. The highest BCUT2D eigenvalue weighted by Crippen LogP contribution is 2.30. The average molecular weight is 406 g/mol. The molecule has 2 aromatic rings. The van der Waals surface area contributed by atoms with Crippen molar-refractivity contribution in [2.75, 3.05) is 37.0 Å². The minimum Gasteiger partial charge on any atom is -0.378 e. The van der Waals surface area contributed by atoms with Gasteiger partial charge < -0.3 is 9.64 Å². The van der Waals surface area contributed by atoms with E-state index in [1.165, 1.54) is 17.3 Å². The van der Waals surface area contributed by atoms with Gasteiger partial charge in [-0.1, -0.05) is 69.0 Å². The Hall–Kier alpha value is -1.44. The normalized spacial score (nSPS) is 15.0. The molecule has 0 N–H and O–H groups in total. The molecule has 0 atom stereocenters. The lowest BCUT2D eigenvalue weighted by molar-refractivity contribution is 0.102. The molecule has 27 heavy (non-hydrogen) atoms. The van der Waals surface area contributed by atoms with Crippen molar-refractivity contribution in [3.8, 4) is 0 Å². The van der Waals surface area contributed by atoms with E-state index in [0.29, 0.717) is 17.6 Å². The molecule has 0 saturated carbocycles. The fourth-order valence-corrected chi connectivity index (χ4v) is 4.80. The number of thioether (sulfide) groups is 1. The van der Waals surface area contributed by atoms with E-state index in [2.05, 4.69) is 54.9 Å². The van der Waals surface area contributed by atoms with Gasteiger partial charge in [-0.15, -0.1) is 10.2 Å². The number of Topliss-reactive ketones (excluding diaryl/α,β-unsaturated/α-hetero) is 1. The molecule has 1 saturated heterocycles. The summed E-state index contributed by atoms with van der Waals surface area (Å²) < 4.78 is 6.22. The van der Waals surface area contributed by atoms with E-state index >= 15 is 0 Å². The van der Waals surface area contributed by atoms with Gasteiger partial charge in [-0.3, -0.25) is 4.79 Å². The molecule has 0 unspecified atom stereocenters. The number of morpholine rings is 1. The number of nitrogens with zero attached hydrogens (tertiary/aromatic N) is 3. The third-order valence-electron chi connectivity index (χ3n) is 4.67. The second-order valence-electron chi connectivity index (χ2n) is 7.32. The Morgan fingerprint density at radius 1 is 1.19 bits per heavy atom. The van der Waals surface area contributed by atoms with Gasteiger partial charge in [0, 0.05) is 18.7 Å². The van der Waals surface area contributed by atoms with E-state index in [-0.39, 0.29) is 5.78 Å². The first kappa shape index (κ1) is 20.3. The minimum atomic E-state index is 0.155. The number of hydrogen-bond acceptors (Lipinski definition) is 7. The van der Waals surface area contributed by atoms with E-state index in [9.17, 15) is 4.79 Å². The van der Waals surface area contributed by atoms with E-state index in [1.807, 2.05) is 6.07 Å². The van der Waals surface area contributed by atoms with Gasteiger partial charge in [0.05, 0.1) is 19.0 Å². The minimum absolute atomic E-state index is 0.155. The maximum absolute atomic E-state index is 12.8. The standard InChI is InChI=1S/C20H27N3O2S2/c1-13(2)15-5-6-16(17(11-15)14(3)4)18(24)12-26-20-22-21-19(27-20)23-7-9-25-10-8-23/h5-6,11,13-14H,7-10,12H2,1-4H3. The zero-order valence-electron chi connectivity index (χ0n) is 16.4. The summed E-state index contributed by atoms with van der Waals surface area (Å²) >= 11 is 3.03. The van der Waals surface area contributed by atoms with E-state index in [1.54, 1.807) is 11.3 Å². The smallest absolute Gasteiger partial charge is 0.209 e. The van der Waals surface area contributed by atoms with Crippen LogP contribution in [0.3, 0.4) is 0 Å². The zero-order chi connectivity index (χ0) is 19.4. The molecule has 5 nitrogen and oxygen atoms in total. The molecular weight excluding hydrogens is 378 g/mol. The maximum atomic E-state index is 12.8. The van der Waals surface area contributed by atoms with Crippen LogP contribution in [0.25, 0.3) is 0 Å². The zero-order valence-corrected chi connectivity index (χ0v) is 18.0. The Labute approximate surface area is 169 Å². The summed E-state index contributed by atoms with van der Waals surface area (Å²) in [5.41, 5.74) is 3.25. The molecule has 146 valence electrons. The van der Waals surface area contributed by atoms with Crippen LogP contribution >= 0.6 is 23.1 Å². The van der Waals surface area contributed by atoms with Crippen LogP contribution in [0.2, 0.25) is 0 Å². The van der Waals surface area contributed by atoms with Crippen LogP contribution in [0.5, 0.6) is 0 Å². The monoisotopic (exact) mass is 405 g/mol. The maximum Gasteiger partial charge on any atom is 0.209 e. The predicted molar refractivity (Wildman–Crippen MR) is 113 cm³/mol. The number of ketones is 1. The average Bonchev–Trinajstić information content (AvgIpc) is 3.15. The van der Waals surface area contributed by atoms with Crippen molar-refractivity contribution >= 4 is 34.0 Å². The topological polar surface area (TPSA) is 55.3 Å². The van der Waals surface area contributed by atoms with Gasteiger partial charge in [-0.2, -0.15) is 0 Å². The Morgan fingerprint density at radius 2 is 1.93 bits per heavy atom. The van der Waals surface area contributed by atoms with Crippen molar-refractivity contribution in [1.82, 2.24) is 10.2 Å². The first-order chi connectivity index (χ1) is 13.0. The molecule has 1 fully saturated rings. The summed E-state index contributed by atoms with van der Waals surface area (Å²) in [6, 6.07) is 6.26. The number of hydrogen-bond donors (Lipinski definition) is 0. The third-order valence-corrected chi connectivity index (χ3v) is 6.79. The predicted octanol–water partition coefficient (Wildman–Crippen LogP) is 4.60. The number of ether oxygens (including phenoxy) is 1. The Balaban J connectivity index is 1.66. The number of carbonyl (C=O) groups is 1. The summed E-state index contributed by atoms with van der Waals surface area (Å²) in [5, 5.41) is 9.44. The second-order valence-corrected chi connectivity index (χ2v) is 9.50. The van der Waals surface area contributed by atoms with Crippen LogP contribution in [-0.2, 0) is 4.74 Å². The summed E-state index contributed by atoms with van der Waals surface area (Å²) in [6.45, 7) is 11.8. The number of anilines is 1. The van der Waals surface area contributed by atoms with Gasteiger partial charge in [0.25, 0.3) is 0 Å². The molecule has 0 radical (unpaired) electrons. The SMILES string of the molecule is CC(C)c1ccc(C(=O)CSc2nnc(N3CCOCC3)s2)c(C(C)C)c1. The van der Waals surface area contributed by atoms with Crippen molar-refractivity contribution in [2.45, 2.75) is 43.9 Å². The molecular formula is C20H27N3O2S2. The van der Waals surface area contributed by atoms with Crippen LogP contribution in [-0.4, -0.2) is 48.0 Å². The summed E-state index contributed by atoms with van der Waals surface area (Å²) in [6.07, 6.45) is 0. The van der Waals surface area contributed by atoms with Gasteiger partial charge in [-0.25, -0.2) is 0 Å². The van der Waals surface area contributed by atoms with Crippen LogP contribution in [0.1, 0.15) is 61.0 Å². The van der Waals surface area contributed by atoms with Crippen LogP contribution in [0, 0.1) is 0 Å². The first-order valence-corrected chi connectivity index (χ1v) is 11.2. The lowest BCUT2D eigenvalue weighted by Gasteiger charge is -2.25. The van der Waals surface area contributed by atoms with Gasteiger partial charge in [0.1, 0.15) is 0 Å². The highest BCUT2D eigenvalue weighted by Gasteiger charge is 2.19. The molecule has 3 rings (SSSR count). The van der Waals surface area contributed by atoms with E-state index in [4.69, 9.17) is 4.74 Å². The highest BCUT2D eigenvalue weighted by atomic mass is 32.2. The van der Waals surface area contributed by atoms with Gasteiger partial charge in [-0.05, 0) is 23.0 Å². The van der Waals surface area contributed by atoms with E-state index in [0.717, 1.165) is 46.9 Å². The van der Waals surface area contributed by atoms with Crippen molar-refractivity contribution in [3.63, 3.8) is 0 Å². The van der Waals surface area contributed by atoms with E-state index < -0.39 is 0 Å². The summed E-state index contributed by atoms with van der Waals surface area (Å²) in [4.78, 5) is 15.0. The Morgan fingerprint density at radius 3 is 2.59 bits per heavy atom. The molecule has 0 aliphatic carbocycles. The fraction of sp³-hybridized carbons (Fsp3) is 0.550. The molecule has 2 heterocycles. The van der Waals surface area contributed by atoms with Crippen molar-refractivity contribution in [1.29, 1.82) is 0 Å². The number of rotatable bonds is 7. The Kier molecular flexibility index (Phi) is 6.89. The molecule has 1 aliphatic rings. The van der Waals surface area contributed by atoms with Crippen LogP contribution in [0.15, 0.2) is 22.5 Å². The van der Waals surface area contributed by atoms with Crippen LogP contribution < -0.4 is 4.90 Å². The van der Waals surface area contributed by atoms with Crippen LogP contribution in [0.4, 0.5) is 5.13 Å². The van der Waals surface area contributed by atoms with Gasteiger partial charge in [0.2, 0.25) is 5.13 Å². The van der Waals surface area contributed by atoms with Gasteiger partial charge >= 0.3 is 0 Å². The third kappa shape index (κ3) is 5.09. The molecule has 1 aromatic carbocycles. The quantitative estimate of drug-likeness (QED) is 0.496. The number of benzene rings is 1. The number of aromatic nitrogens is 2. The molecule has 0 bridgehead atoms. The molecule has 1 aromatic heterocycles. The highest BCUT2D eigenvalue weighted by molar-refractivity contribution is 8.01. The lowest BCUT2D eigenvalue weighted by atomic mass is 9.90. The van der Waals surface area contributed by atoms with Crippen molar-refractivity contribution in [3.05, 3.63) is 34.9 Å². The van der Waals surface area contributed by atoms with Crippen molar-refractivity contribution < 1.29 is 9.53 Å². The molecule has 7 heteroatoms. The summed E-state index contributed by atoms with van der Waals surface area (Å²) in [7, 11) is 0. The second kappa shape index (κ2) is 9.17. The molecule has 1 aliphatic heterocycles. The van der Waals surface area contributed by atoms with Gasteiger partial charge in [0.15, 0.2) is 10.1 Å². The lowest BCUT2D eigenvalue weighted by Crippen LogP contribution is -2.36. The number of carbonyl (C=O) groups excluding carboxylic acids is 1. The summed E-state index contributed by atoms with van der Waals surface area (Å²) in [5.74, 6) is 1.32. The first-order valence-electron chi connectivity index (χ1n) is 9.41. The largest absolute Gasteiger partial charge is 0.378 e. The fourth-order valence-electron chi connectivity index (χ4n) is 3.02. The Bertz CT molecular complexity index is 783. The molecule has 0 spiro atoms. The van der Waals surface area contributed by atoms with Crippen molar-refractivity contribution in [2.24, 2.45) is 0 Å².